The van der Waals surface area contributed by atoms with E-state index in [1.54, 1.807) is 0 Å². The standard InChI is InChI=1S/C27H35NO2.ClH/c1-3-5-18-28(19-6-4-2)20-26(29)24-16-17-27(25-15-11-10-14-23(24)25)30-21-22-12-8-7-9-13-22;/h7-17,26,29H,3-6,18-21H2,1-2H3;1H. The van der Waals surface area contributed by atoms with Gasteiger partial charge in [-0.25, -0.2) is 0 Å². The van der Waals surface area contributed by atoms with Crippen molar-refractivity contribution in [1.82, 2.24) is 4.90 Å². The summed E-state index contributed by atoms with van der Waals surface area (Å²) >= 11 is 0. The van der Waals surface area contributed by atoms with Crippen LogP contribution in [0.4, 0.5) is 0 Å². The second kappa shape index (κ2) is 13.4. The Kier molecular flexibility index (Phi) is 10.9. The summed E-state index contributed by atoms with van der Waals surface area (Å²) in [6.45, 7) is 7.74. The van der Waals surface area contributed by atoms with Gasteiger partial charge in [0.15, 0.2) is 0 Å². The molecule has 0 saturated carbocycles. The number of nitrogens with zero attached hydrogens (tertiary/aromatic N) is 1. The molecule has 0 heterocycles. The van der Waals surface area contributed by atoms with Gasteiger partial charge < -0.3 is 14.7 Å². The Balaban J connectivity index is 0.00000341. The molecule has 3 rings (SSSR count). The van der Waals surface area contributed by atoms with Crippen LogP contribution in [-0.2, 0) is 6.61 Å². The van der Waals surface area contributed by atoms with Gasteiger partial charge in [0.25, 0.3) is 0 Å². The Morgan fingerprint density at radius 3 is 2.06 bits per heavy atom. The first kappa shape index (κ1) is 25.2. The Bertz CT molecular complexity index is 892. The van der Waals surface area contributed by atoms with Crippen molar-refractivity contribution < 1.29 is 9.84 Å². The number of halogens is 1. The molecular weight excluding hydrogens is 406 g/mol. The van der Waals surface area contributed by atoms with Gasteiger partial charge >= 0.3 is 0 Å². The van der Waals surface area contributed by atoms with Gasteiger partial charge in [0, 0.05) is 11.9 Å². The highest BCUT2D eigenvalue weighted by atomic mass is 35.5. The number of hydrogen-bond donors (Lipinski definition) is 1. The minimum atomic E-state index is -0.508. The summed E-state index contributed by atoms with van der Waals surface area (Å²) in [7, 11) is 0. The molecule has 1 N–H and O–H groups in total. The zero-order valence-electron chi connectivity index (χ0n) is 18.8. The third-order valence-corrected chi connectivity index (χ3v) is 5.60. The van der Waals surface area contributed by atoms with E-state index in [1.165, 1.54) is 25.7 Å². The predicted molar refractivity (Wildman–Crippen MR) is 133 cm³/mol. The van der Waals surface area contributed by atoms with Crippen molar-refractivity contribution in [2.45, 2.75) is 52.2 Å². The number of aliphatic hydroxyl groups is 1. The molecule has 0 aliphatic heterocycles. The zero-order chi connectivity index (χ0) is 21.2. The van der Waals surface area contributed by atoms with Crippen molar-refractivity contribution in [1.29, 1.82) is 0 Å². The fourth-order valence-corrected chi connectivity index (χ4v) is 3.85. The van der Waals surface area contributed by atoms with Gasteiger partial charge in [-0.05, 0) is 48.5 Å². The fourth-order valence-electron chi connectivity index (χ4n) is 3.85. The molecule has 31 heavy (non-hydrogen) atoms. The molecule has 3 aromatic rings. The molecule has 3 nitrogen and oxygen atoms in total. The third-order valence-electron chi connectivity index (χ3n) is 5.60. The molecule has 168 valence electrons. The first-order valence-corrected chi connectivity index (χ1v) is 11.3. The molecule has 0 aromatic heterocycles. The van der Waals surface area contributed by atoms with Crippen molar-refractivity contribution in [2.24, 2.45) is 0 Å². The lowest BCUT2D eigenvalue weighted by Gasteiger charge is -2.26. The van der Waals surface area contributed by atoms with E-state index in [0.717, 1.165) is 40.7 Å². The van der Waals surface area contributed by atoms with Crippen LogP contribution in [0.1, 0.15) is 56.8 Å². The van der Waals surface area contributed by atoms with Crippen LogP contribution in [0.5, 0.6) is 5.75 Å². The van der Waals surface area contributed by atoms with Crippen LogP contribution in [0.15, 0.2) is 66.7 Å². The highest BCUT2D eigenvalue weighted by Gasteiger charge is 2.17. The monoisotopic (exact) mass is 441 g/mol. The average Bonchev–Trinajstić information content (AvgIpc) is 2.79. The number of rotatable bonds is 12. The van der Waals surface area contributed by atoms with Crippen LogP contribution in [0.3, 0.4) is 0 Å². The normalized spacial score (nSPS) is 12.0. The second-order valence-electron chi connectivity index (χ2n) is 8.00. The molecule has 0 aliphatic carbocycles. The highest BCUT2D eigenvalue weighted by Crippen LogP contribution is 2.32. The fraction of sp³-hybridized carbons (Fsp3) is 0.407. The third kappa shape index (κ3) is 7.24. The van der Waals surface area contributed by atoms with E-state index in [-0.39, 0.29) is 12.4 Å². The lowest BCUT2D eigenvalue weighted by atomic mass is 9.99. The quantitative estimate of drug-likeness (QED) is 0.336. The molecule has 0 fully saturated rings. The molecule has 1 atom stereocenters. The number of hydrogen-bond acceptors (Lipinski definition) is 3. The van der Waals surface area contributed by atoms with Crippen molar-refractivity contribution >= 4 is 23.2 Å². The lowest BCUT2D eigenvalue weighted by Crippen LogP contribution is -2.30. The van der Waals surface area contributed by atoms with Crippen LogP contribution >= 0.6 is 12.4 Å². The summed E-state index contributed by atoms with van der Waals surface area (Å²) < 4.78 is 6.14. The van der Waals surface area contributed by atoms with E-state index < -0.39 is 6.10 Å². The average molecular weight is 442 g/mol. The van der Waals surface area contributed by atoms with Crippen LogP contribution in [0.2, 0.25) is 0 Å². The molecule has 0 spiro atoms. The molecule has 3 aromatic carbocycles. The predicted octanol–water partition coefficient (Wildman–Crippen LogP) is 6.78. The van der Waals surface area contributed by atoms with Gasteiger partial charge in [-0.3, -0.25) is 0 Å². The summed E-state index contributed by atoms with van der Waals surface area (Å²) in [5, 5.41) is 13.2. The Labute approximate surface area is 193 Å². The second-order valence-corrected chi connectivity index (χ2v) is 8.00. The molecule has 0 radical (unpaired) electrons. The van der Waals surface area contributed by atoms with Gasteiger partial charge in [-0.1, -0.05) is 87.4 Å². The van der Waals surface area contributed by atoms with E-state index in [9.17, 15) is 5.11 Å². The van der Waals surface area contributed by atoms with Crippen LogP contribution in [0, 0.1) is 0 Å². The summed E-state index contributed by atoms with van der Waals surface area (Å²) in [6, 6.07) is 22.5. The largest absolute Gasteiger partial charge is 0.488 e. The van der Waals surface area contributed by atoms with E-state index >= 15 is 0 Å². The Hall–Kier alpha value is -2.07. The van der Waals surface area contributed by atoms with Crippen molar-refractivity contribution in [3.63, 3.8) is 0 Å². The highest BCUT2D eigenvalue weighted by molar-refractivity contribution is 5.91. The SMILES string of the molecule is CCCCN(CCCC)CC(O)c1ccc(OCc2ccccc2)c2ccccc12.Cl. The molecular formula is C27H36ClNO2. The Morgan fingerprint density at radius 2 is 1.42 bits per heavy atom. The minimum Gasteiger partial charge on any atom is -0.488 e. The molecule has 0 aliphatic rings. The topological polar surface area (TPSA) is 32.7 Å². The first-order chi connectivity index (χ1) is 14.7. The maximum absolute atomic E-state index is 11.1. The molecule has 0 amide bonds. The van der Waals surface area contributed by atoms with Crippen LogP contribution in [-0.4, -0.2) is 29.6 Å². The van der Waals surface area contributed by atoms with E-state index in [4.69, 9.17) is 4.74 Å². The van der Waals surface area contributed by atoms with Gasteiger partial charge in [-0.2, -0.15) is 0 Å². The first-order valence-electron chi connectivity index (χ1n) is 11.3. The van der Waals surface area contributed by atoms with Crippen LogP contribution in [0.25, 0.3) is 10.8 Å². The van der Waals surface area contributed by atoms with E-state index in [1.807, 2.05) is 42.5 Å². The zero-order valence-corrected chi connectivity index (χ0v) is 19.6. The molecule has 0 bridgehead atoms. The summed E-state index contributed by atoms with van der Waals surface area (Å²) in [6.07, 6.45) is 4.18. The molecule has 0 saturated heterocycles. The Morgan fingerprint density at radius 1 is 0.806 bits per heavy atom. The molecule has 4 heteroatoms. The maximum atomic E-state index is 11.1. The van der Waals surface area contributed by atoms with Gasteiger partial charge in [0.2, 0.25) is 0 Å². The molecule has 1 unspecified atom stereocenters. The lowest BCUT2D eigenvalue weighted by molar-refractivity contribution is 0.112. The summed E-state index contributed by atoms with van der Waals surface area (Å²) in [5.74, 6) is 0.860. The van der Waals surface area contributed by atoms with Crippen molar-refractivity contribution in [3.8, 4) is 5.75 Å². The number of ether oxygens (including phenoxy) is 1. The number of fused-ring (bicyclic) bond motifs is 1. The van der Waals surface area contributed by atoms with Gasteiger partial charge in [-0.15, -0.1) is 12.4 Å². The van der Waals surface area contributed by atoms with Gasteiger partial charge in [0.05, 0.1) is 6.10 Å². The number of benzene rings is 3. The van der Waals surface area contributed by atoms with Gasteiger partial charge in [0.1, 0.15) is 12.4 Å². The van der Waals surface area contributed by atoms with E-state index in [0.29, 0.717) is 13.2 Å². The van der Waals surface area contributed by atoms with Crippen molar-refractivity contribution in [2.75, 3.05) is 19.6 Å². The number of unbranched alkanes of at least 4 members (excludes halogenated alkanes) is 2. The number of aliphatic hydroxyl groups excluding tert-OH is 1. The van der Waals surface area contributed by atoms with E-state index in [2.05, 4.69) is 43.0 Å². The summed E-state index contributed by atoms with van der Waals surface area (Å²) in [5.41, 5.74) is 2.13. The smallest absolute Gasteiger partial charge is 0.127 e. The van der Waals surface area contributed by atoms with Crippen molar-refractivity contribution in [3.05, 3.63) is 77.9 Å². The summed E-state index contributed by atoms with van der Waals surface area (Å²) in [4.78, 5) is 2.41. The van der Waals surface area contributed by atoms with Crippen LogP contribution < -0.4 is 4.74 Å². The maximum Gasteiger partial charge on any atom is 0.127 e. The minimum absolute atomic E-state index is 0.